The number of hydrogen-bond acceptors (Lipinski definition) is 5. The number of fused-ring (bicyclic) bond motifs is 1. The Balaban J connectivity index is 0.00000256. The van der Waals surface area contributed by atoms with Crippen LogP contribution in [0, 0.1) is 0 Å². The summed E-state index contributed by atoms with van der Waals surface area (Å²) in [6, 6.07) is 15.4. The lowest BCUT2D eigenvalue weighted by atomic mass is 10.2. The van der Waals surface area contributed by atoms with Gasteiger partial charge in [-0.2, -0.15) is 0 Å². The molecule has 4 rings (SSSR count). The van der Waals surface area contributed by atoms with Crippen LogP contribution in [0.2, 0.25) is 5.02 Å². The van der Waals surface area contributed by atoms with Crippen LogP contribution in [0.15, 0.2) is 54.6 Å². The standard InChI is InChI=1S/C22H22ClN3O2S.ClH/c23-18-7-8-19-20(16-18)29-22(24-19)26(11-10-25-12-14-28-15-13-25)21(27)9-6-17-4-2-1-3-5-17;/h1-9,16H,10-15H2;1H/b9-6+;. The summed E-state index contributed by atoms with van der Waals surface area (Å²) in [6.45, 7) is 4.61. The molecular formula is C22H23Cl2N3O2S. The topological polar surface area (TPSA) is 45.7 Å². The zero-order valence-corrected chi connectivity index (χ0v) is 18.8. The summed E-state index contributed by atoms with van der Waals surface area (Å²) in [5.74, 6) is -0.0766. The second kappa shape index (κ2) is 10.9. The normalized spacial score (nSPS) is 14.7. The number of carbonyl (C=O) groups excluding carboxylic acids is 1. The number of ether oxygens (including phenoxy) is 1. The smallest absolute Gasteiger partial charge is 0.252 e. The Morgan fingerprint density at radius 1 is 1.20 bits per heavy atom. The Kier molecular flexibility index (Phi) is 8.24. The third-order valence-corrected chi connectivity index (χ3v) is 6.07. The van der Waals surface area contributed by atoms with Crippen molar-refractivity contribution in [2.45, 2.75) is 0 Å². The van der Waals surface area contributed by atoms with E-state index >= 15 is 0 Å². The van der Waals surface area contributed by atoms with Crippen molar-refractivity contribution in [3.8, 4) is 0 Å². The van der Waals surface area contributed by atoms with Crippen molar-refractivity contribution < 1.29 is 9.53 Å². The lowest BCUT2D eigenvalue weighted by molar-refractivity contribution is -0.114. The number of amides is 1. The van der Waals surface area contributed by atoms with Crippen LogP contribution in [0.5, 0.6) is 0 Å². The maximum atomic E-state index is 13.1. The molecule has 2 heterocycles. The van der Waals surface area contributed by atoms with Crippen molar-refractivity contribution in [3.05, 3.63) is 65.2 Å². The van der Waals surface area contributed by atoms with E-state index < -0.39 is 0 Å². The number of halogens is 2. The number of nitrogens with zero attached hydrogens (tertiary/aromatic N) is 3. The van der Waals surface area contributed by atoms with E-state index in [1.54, 1.807) is 11.0 Å². The minimum absolute atomic E-state index is 0. The number of rotatable bonds is 6. The highest BCUT2D eigenvalue weighted by Crippen LogP contribution is 2.31. The molecule has 0 bridgehead atoms. The molecule has 1 fully saturated rings. The van der Waals surface area contributed by atoms with E-state index in [9.17, 15) is 4.79 Å². The van der Waals surface area contributed by atoms with Gasteiger partial charge in [-0.3, -0.25) is 14.6 Å². The van der Waals surface area contributed by atoms with Crippen molar-refractivity contribution in [2.75, 3.05) is 44.3 Å². The average molecular weight is 464 g/mol. The Morgan fingerprint density at radius 3 is 2.73 bits per heavy atom. The molecule has 0 saturated carbocycles. The van der Waals surface area contributed by atoms with Crippen LogP contribution in [0.3, 0.4) is 0 Å². The van der Waals surface area contributed by atoms with Gasteiger partial charge in [-0.05, 0) is 29.8 Å². The molecule has 1 aliphatic heterocycles. The van der Waals surface area contributed by atoms with Crippen molar-refractivity contribution in [2.24, 2.45) is 0 Å². The van der Waals surface area contributed by atoms with E-state index in [0.29, 0.717) is 16.7 Å². The van der Waals surface area contributed by atoms with Gasteiger partial charge in [0.2, 0.25) is 0 Å². The number of morpholine rings is 1. The third kappa shape index (κ3) is 5.80. The van der Waals surface area contributed by atoms with Gasteiger partial charge in [0.15, 0.2) is 5.13 Å². The number of hydrogen-bond donors (Lipinski definition) is 0. The van der Waals surface area contributed by atoms with E-state index in [4.69, 9.17) is 16.3 Å². The molecule has 0 N–H and O–H groups in total. The van der Waals surface area contributed by atoms with Gasteiger partial charge in [-0.1, -0.05) is 53.3 Å². The summed E-state index contributed by atoms with van der Waals surface area (Å²) in [5.41, 5.74) is 1.84. The van der Waals surface area contributed by atoms with Gasteiger partial charge in [0.05, 0.1) is 23.4 Å². The van der Waals surface area contributed by atoms with Crippen molar-refractivity contribution in [1.82, 2.24) is 9.88 Å². The van der Waals surface area contributed by atoms with E-state index in [2.05, 4.69) is 9.88 Å². The summed E-state index contributed by atoms with van der Waals surface area (Å²) in [4.78, 5) is 21.8. The van der Waals surface area contributed by atoms with Crippen molar-refractivity contribution in [3.63, 3.8) is 0 Å². The number of thiazole rings is 1. The monoisotopic (exact) mass is 463 g/mol. The molecule has 3 aromatic rings. The second-order valence-electron chi connectivity index (χ2n) is 6.80. The molecule has 1 saturated heterocycles. The molecule has 5 nitrogen and oxygen atoms in total. The fraction of sp³-hybridized carbons (Fsp3) is 0.273. The third-order valence-electron chi connectivity index (χ3n) is 4.80. The van der Waals surface area contributed by atoms with Gasteiger partial charge in [-0.15, -0.1) is 12.4 Å². The van der Waals surface area contributed by atoms with Crippen LogP contribution in [-0.4, -0.2) is 55.2 Å². The first-order valence-corrected chi connectivity index (χ1v) is 10.8. The van der Waals surface area contributed by atoms with E-state index in [1.807, 2.05) is 54.6 Å². The first-order chi connectivity index (χ1) is 14.2. The summed E-state index contributed by atoms with van der Waals surface area (Å²) >= 11 is 7.61. The molecule has 1 aliphatic rings. The Hall–Kier alpha value is -1.96. The van der Waals surface area contributed by atoms with Gasteiger partial charge in [0, 0.05) is 37.3 Å². The van der Waals surface area contributed by atoms with Crippen molar-refractivity contribution in [1.29, 1.82) is 0 Å². The van der Waals surface area contributed by atoms with Crippen LogP contribution in [0.25, 0.3) is 16.3 Å². The average Bonchev–Trinajstić information content (AvgIpc) is 3.16. The lowest BCUT2D eigenvalue weighted by Crippen LogP contribution is -2.42. The molecule has 0 spiro atoms. The Bertz CT molecular complexity index is 1000. The summed E-state index contributed by atoms with van der Waals surface area (Å²) in [6.07, 6.45) is 3.46. The molecule has 30 heavy (non-hydrogen) atoms. The summed E-state index contributed by atoms with van der Waals surface area (Å²) in [5, 5.41) is 1.36. The molecular weight excluding hydrogens is 441 g/mol. The number of benzene rings is 2. The molecule has 0 radical (unpaired) electrons. The second-order valence-corrected chi connectivity index (χ2v) is 8.24. The minimum Gasteiger partial charge on any atom is -0.379 e. The van der Waals surface area contributed by atoms with Crippen LogP contribution in [-0.2, 0) is 9.53 Å². The lowest BCUT2D eigenvalue weighted by Gasteiger charge is -2.28. The largest absolute Gasteiger partial charge is 0.379 e. The summed E-state index contributed by atoms with van der Waals surface area (Å²) < 4.78 is 6.40. The van der Waals surface area contributed by atoms with E-state index in [0.717, 1.165) is 48.6 Å². The van der Waals surface area contributed by atoms with Gasteiger partial charge >= 0.3 is 0 Å². The molecule has 1 amide bonds. The molecule has 8 heteroatoms. The first-order valence-electron chi connectivity index (χ1n) is 9.60. The number of carbonyl (C=O) groups is 1. The van der Waals surface area contributed by atoms with Crippen LogP contribution < -0.4 is 4.90 Å². The summed E-state index contributed by atoms with van der Waals surface area (Å²) in [7, 11) is 0. The predicted octanol–water partition coefficient (Wildman–Crippen LogP) is 4.75. The highest BCUT2D eigenvalue weighted by atomic mass is 35.5. The number of anilines is 1. The molecule has 0 aliphatic carbocycles. The Morgan fingerprint density at radius 2 is 1.97 bits per heavy atom. The number of aromatic nitrogens is 1. The molecule has 158 valence electrons. The van der Waals surface area contributed by atoms with E-state index in [-0.39, 0.29) is 18.3 Å². The zero-order chi connectivity index (χ0) is 20.1. The zero-order valence-electron chi connectivity index (χ0n) is 16.4. The van der Waals surface area contributed by atoms with E-state index in [1.165, 1.54) is 11.3 Å². The van der Waals surface area contributed by atoms with Gasteiger partial charge in [0.1, 0.15) is 0 Å². The molecule has 2 aromatic carbocycles. The molecule has 0 unspecified atom stereocenters. The maximum Gasteiger partial charge on any atom is 0.252 e. The van der Waals surface area contributed by atoms with Gasteiger partial charge in [-0.25, -0.2) is 4.98 Å². The van der Waals surface area contributed by atoms with Crippen LogP contribution in [0.4, 0.5) is 5.13 Å². The molecule has 1 aromatic heterocycles. The quantitative estimate of drug-likeness (QED) is 0.494. The highest BCUT2D eigenvalue weighted by molar-refractivity contribution is 7.22. The van der Waals surface area contributed by atoms with Gasteiger partial charge < -0.3 is 4.74 Å². The minimum atomic E-state index is -0.0766. The maximum absolute atomic E-state index is 13.1. The first kappa shape index (κ1) is 22.7. The Labute approximate surface area is 191 Å². The van der Waals surface area contributed by atoms with Crippen LogP contribution >= 0.6 is 35.3 Å². The fourth-order valence-corrected chi connectivity index (χ4v) is 4.46. The fourth-order valence-electron chi connectivity index (χ4n) is 3.19. The highest BCUT2D eigenvalue weighted by Gasteiger charge is 2.20. The van der Waals surface area contributed by atoms with Crippen molar-refractivity contribution >= 4 is 62.7 Å². The van der Waals surface area contributed by atoms with Gasteiger partial charge in [0.25, 0.3) is 5.91 Å². The SMILES string of the molecule is Cl.O=C(/C=C/c1ccccc1)N(CCN1CCOCC1)c1nc2ccc(Cl)cc2s1. The predicted molar refractivity (Wildman–Crippen MR) is 127 cm³/mol. The van der Waals surface area contributed by atoms with Crippen LogP contribution in [0.1, 0.15) is 5.56 Å². The molecule has 0 atom stereocenters.